The maximum Gasteiger partial charge on any atom is 0.102 e. The van der Waals surface area contributed by atoms with Crippen molar-refractivity contribution in [3.05, 3.63) is 0 Å². The Labute approximate surface area is 111 Å². The van der Waals surface area contributed by atoms with Crippen LogP contribution in [0.3, 0.4) is 0 Å². The van der Waals surface area contributed by atoms with Gasteiger partial charge in [0.05, 0.1) is 6.07 Å². The van der Waals surface area contributed by atoms with Crippen molar-refractivity contribution in [3.63, 3.8) is 0 Å². The van der Waals surface area contributed by atoms with Gasteiger partial charge in [-0.25, -0.2) is 0 Å². The Balaban J connectivity index is 1.96. The summed E-state index contributed by atoms with van der Waals surface area (Å²) < 4.78 is 0. The molecule has 0 spiro atoms. The summed E-state index contributed by atoms with van der Waals surface area (Å²) >= 11 is 0. The molecule has 3 unspecified atom stereocenters. The first kappa shape index (κ1) is 13.8. The molecule has 0 aromatic carbocycles. The van der Waals surface area contributed by atoms with Gasteiger partial charge in [0.15, 0.2) is 0 Å². The van der Waals surface area contributed by atoms with E-state index in [9.17, 15) is 0 Å². The summed E-state index contributed by atoms with van der Waals surface area (Å²) in [5.41, 5.74) is 5.32. The van der Waals surface area contributed by atoms with Gasteiger partial charge in [-0.3, -0.25) is 4.90 Å². The number of rotatable bonds is 4. The van der Waals surface area contributed by atoms with Crippen LogP contribution in [0.1, 0.15) is 58.8 Å². The molecular formula is C15H27N3. The second-order valence-electron chi connectivity index (χ2n) is 6.57. The van der Waals surface area contributed by atoms with Gasteiger partial charge in [0.1, 0.15) is 5.54 Å². The van der Waals surface area contributed by atoms with E-state index in [1.165, 1.54) is 45.1 Å². The summed E-state index contributed by atoms with van der Waals surface area (Å²) in [6.07, 6.45) is 9.10. The third kappa shape index (κ3) is 3.05. The fourth-order valence-corrected chi connectivity index (χ4v) is 3.99. The molecule has 0 bridgehead atoms. The van der Waals surface area contributed by atoms with Crippen LogP contribution >= 0.6 is 0 Å². The molecule has 102 valence electrons. The predicted octanol–water partition coefficient (Wildman–Crippen LogP) is 2.66. The zero-order valence-corrected chi connectivity index (χ0v) is 11.9. The second-order valence-corrected chi connectivity index (χ2v) is 6.57. The molecule has 0 amide bonds. The normalized spacial score (nSPS) is 31.1. The molecule has 3 heteroatoms. The van der Waals surface area contributed by atoms with Crippen LogP contribution in [-0.4, -0.2) is 29.1 Å². The van der Waals surface area contributed by atoms with Crippen molar-refractivity contribution >= 4 is 0 Å². The van der Waals surface area contributed by atoms with E-state index in [0.717, 1.165) is 18.4 Å². The van der Waals surface area contributed by atoms with Crippen LogP contribution in [0.15, 0.2) is 0 Å². The highest BCUT2D eigenvalue weighted by molar-refractivity contribution is 5.04. The highest BCUT2D eigenvalue weighted by atomic mass is 15.2. The summed E-state index contributed by atoms with van der Waals surface area (Å²) in [6, 6.07) is 3.43. The van der Waals surface area contributed by atoms with E-state index in [-0.39, 0.29) is 0 Å². The number of hydrogen-bond acceptors (Lipinski definition) is 3. The first-order valence-electron chi connectivity index (χ1n) is 7.49. The van der Waals surface area contributed by atoms with Crippen LogP contribution in [0.4, 0.5) is 0 Å². The van der Waals surface area contributed by atoms with Gasteiger partial charge in [0, 0.05) is 12.1 Å². The van der Waals surface area contributed by atoms with Gasteiger partial charge in [-0.2, -0.15) is 5.26 Å². The van der Waals surface area contributed by atoms with Crippen molar-refractivity contribution in [2.75, 3.05) is 6.54 Å². The zero-order valence-electron chi connectivity index (χ0n) is 11.9. The van der Waals surface area contributed by atoms with E-state index in [1.807, 2.05) is 6.92 Å². The number of nitrogens with two attached hydrogens (primary N) is 1. The summed E-state index contributed by atoms with van der Waals surface area (Å²) in [5.74, 6) is 0.904. The quantitative estimate of drug-likeness (QED) is 0.833. The van der Waals surface area contributed by atoms with Crippen molar-refractivity contribution in [1.29, 1.82) is 5.26 Å². The molecule has 2 fully saturated rings. The minimum atomic E-state index is -0.678. The van der Waals surface area contributed by atoms with Crippen molar-refractivity contribution in [2.45, 2.75) is 76.4 Å². The third-order valence-corrected chi connectivity index (χ3v) is 4.83. The summed E-state index contributed by atoms with van der Waals surface area (Å²) in [7, 11) is 0. The maximum absolute atomic E-state index is 9.07. The molecule has 1 heterocycles. The van der Waals surface area contributed by atoms with Crippen LogP contribution in [0.25, 0.3) is 0 Å². The van der Waals surface area contributed by atoms with Crippen molar-refractivity contribution < 1.29 is 0 Å². The molecule has 1 aliphatic carbocycles. The molecule has 18 heavy (non-hydrogen) atoms. The second kappa shape index (κ2) is 5.59. The fourth-order valence-electron chi connectivity index (χ4n) is 3.99. The predicted molar refractivity (Wildman–Crippen MR) is 74.0 cm³/mol. The molecule has 1 saturated heterocycles. The Morgan fingerprint density at radius 1 is 1.33 bits per heavy atom. The van der Waals surface area contributed by atoms with E-state index >= 15 is 0 Å². The van der Waals surface area contributed by atoms with Gasteiger partial charge in [0.2, 0.25) is 0 Å². The maximum atomic E-state index is 9.07. The average molecular weight is 249 g/mol. The minimum absolute atomic E-state index is 0.438. The van der Waals surface area contributed by atoms with Gasteiger partial charge >= 0.3 is 0 Å². The Bertz CT molecular complexity index is 312. The van der Waals surface area contributed by atoms with Crippen molar-refractivity contribution in [2.24, 2.45) is 11.7 Å². The van der Waals surface area contributed by atoms with Crippen LogP contribution in [0.2, 0.25) is 0 Å². The van der Waals surface area contributed by atoms with E-state index in [2.05, 4.69) is 17.9 Å². The van der Waals surface area contributed by atoms with Crippen LogP contribution in [-0.2, 0) is 0 Å². The molecular weight excluding hydrogens is 222 g/mol. The lowest BCUT2D eigenvalue weighted by Crippen LogP contribution is -2.47. The number of nitrogens with zero attached hydrogens (tertiary/aromatic N) is 2. The average Bonchev–Trinajstić information content (AvgIpc) is 2.98. The molecule has 0 aromatic rings. The Hall–Kier alpha value is -0.590. The summed E-state index contributed by atoms with van der Waals surface area (Å²) in [5, 5.41) is 9.07. The van der Waals surface area contributed by atoms with Gasteiger partial charge < -0.3 is 5.73 Å². The molecule has 2 N–H and O–H groups in total. The zero-order chi connectivity index (χ0) is 13.2. The van der Waals surface area contributed by atoms with Gasteiger partial charge in [-0.1, -0.05) is 12.8 Å². The lowest BCUT2D eigenvalue weighted by Gasteiger charge is -2.36. The number of nitriles is 1. The van der Waals surface area contributed by atoms with Gasteiger partial charge in [0.25, 0.3) is 0 Å². The van der Waals surface area contributed by atoms with Crippen LogP contribution in [0.5, 0.6) is 0 Å². The highest BCUT2D eigenvalue weighted by Crippen LogP contribution is 2.37. The molecule has 0 radical (unpaired) electrons. The molecule has 1 aliphatic heterocycles. The summed E-state index contributed by atoms with van der Waals surface area (Å²) in [4.78, 5) is 2.64. The Kier molecular flexibility index (Phi) is 4.29. The first-order valence-corrected chi connectivity index (χ1v) is 7.49. The van der Waals surface area contributed by atoms with E-state index in [1.54, 1.807) is 0 Å². The van der Waals surface area contributed by atoms with Gasteiger partial charge in [-0.05, 0) is 58.4 Å². The van der Waals surface area contributed by atoms with Crippen LogP contribution < -0.4 is 5.73 Å². The smallest absolute Gasteiger partial charge is 0.102 e. The topological polar surface area (TPSA) is 53.1 Å². The van der Waals surface area contributed by atoms with E-state index < -0.39 is 5.54 Å². The molecule has 3 nitrogen and oxygen atoms in total. The lowest BCUT2D eigenvalue weighted by molar-refractivity contribution is 0.129. The highest BCUT2D eigenvalue weighted by Gasteiger charge is 2.37. The number of likely N-dealkylation sites (tertiary alicyclic amines) is 1. The third-order valence-electron chi connectivity index (χ3n) is 4.83. The van der Waals surface area contributed by atoms with Crippen molar-refractivity contribution in [1.82, 2.24) is 4.90 Å². The molecule has 2 rings (SSSR count). The van der Waals surface area contributed by atoms with Crippen molar-refractivity contribution in [3.8, 4) is 6.07 Å². The fraction of sp³-hybridized carbons (Fsp3) is 0.933. The standard InChI is InChI=1S/C15H27N3/c1-12(10-15(2,17)11-16)18-9-5-8-14(18)13-6-3-4-7-13/h12-14H,3-10,17H2,1-2H3. The first-order chi connectivity index (χ1) is 8.53. The molecule has 2 aliphatic rings. The molecule has 0 aromatic heterocycles. The monoisotopic (exact) mass is 249 g/mol. The SMILES string of the molecule is CC(CC(C)(N)C#N)N1CCCC1C1CCCC1. The van der Waals surface area contributed by atoms with Crippen LogP contribution in [0, 0.1) is 17.2 Å². The Morgan fingerprint density at radius 2 is 2.00 bits per heavy atom. The molecule has 1 saturated carbocycles. The van der Waals surface area contributed by atoms with E-state index in [0.29, 0.717) is 6.04 Å². The number of hydrogen-bond donors (Lipinski definition) is 1. The summed E-state index contributed by atoms with van der Waals surface area (Å²) in [6.45, 7) is 5.30. The Morgan fingerprint density at radius 3 is 2.61 bits per heavy atom. The van der Waals surface area contributed by atoms with E-state index in [4.69, 9.17) is 11.0 Å². The minimum Gasteiger partial charge on any atom is -0.314 e. The van der Waals surface area contributed by atoms with Gasteiger partial charge in [-0.15, -0.1) is 0 Å². The largest absolute Gasteiger partial charge is 0.314 e. The lowest BCUT2D eigenvalue weighted by atomic mass is 9.92. The molecule has 3 atom stereocenters.